The Morgan fingerprint density at radius 1 is 1.21 bits per heavy atom. The van der Waals surface area contributed by atoms with Crippen molar-refractivity contribution in [2.75, 3.05) is 39.5 Å². The predicted octanol–water partition coefficient (Wildman–Crippen LogP) is 0.0762. The molecular formula is C12H21N3O3S. The lowest BCUT2D eigenvalue weighted by Crippen LogP contribution is -2.47. The Labute approximate surface area is 114 Å². The van der Waals surface area contributed by atoms with Gasteiger partial charge in [-0.1, -0.05) is 0 Å². The van der Waals surface area contributed by atoms with Crippen molar-refractivity contribution in [3.05, 3.63) is 23.7 Å². The summed E-state index contributed by atoms with van der Waals surface area (Å²) in [6, 6.07) is 3.95. The third-order valence-electron chi connectivity index (χ3n) is 3.25. The average Bonchev–Trinajstić information content (AvgIpc) is 2.77. The first-order valence-corrected chi connectivity index (χ1v) is 8.23. The minimum Gasteiger partial charge on any atom is -0.463 e. The number of hydrogen-bond acceptors (Lipinski definition) is 5. The highest BCUT2D eigenvalue weighted by atomic mass is 32.2. The summed E-state index contributed by atoms with van der Waals surface area (Å²) in [6.45, 7) is 4.07. The van der Waals surface area contributed by atoms with Gasteiger partial charge in [-0.25, -0.2) is 8.42 Å². The number of nitrogens with zero attached hydrogens (tertiary/aromatic N) is 2. The molecule has 1 N–H and O–H groups in total. The molecule has 0 aliphatic carbocycles. The van der Waals surface area contributed by atoms with Gasteiger partial charge < -0.3 is 9.73 Å². The largest absolute Gasteiger partial charge is 0.463 e. The molecular weight excluding hydrogens is 266 g/mol. The van der Waals surface area contributed by atoms with Crippen molar-refractivity contribution < 1.29 is 12.8 Å². The Morgan fingerprint density at radius 3 is 2.42 bits per heavy atom. The standard InChI is InChI=1S/C12H21N3O3S/c1-13-9-11-3-4-12(18-11)10-14-5-7-15(8-6-14)19(2,16)17/h3-4,13H,5-10H2,1-2H3. The van der Waals surface area contributed by atoms with Gasteiger partial charge in [0.05, 0.1) is 19.3 Å². The van der Waals surface area contributed by atoms with Crippen LogP contribution >= 0.6 is 0 Å². The number of furan rings is 1. The summed E-state index contributed by atoms with van der Waals surface area (Å²) in [6.07, 6.45) is 1.26. The molecule has 0 spiro atoms. The summed E-state index contributed by atoms with van der Waals surface area (Å²) in [5, 5.41) is 3.04. The molecule has 0 amide bonds. The molecule has 19 heavy (non-hydrogen) atoms. The Kier molecular flexibility index (Phi) is 4.62. The molecule has 6 nitrogen and oxygen atoms in total. The number of hydrogen-bond donors (Lipinski definition) is 1. The van der Waals surface area contributed by atoms with E-state index in [1.165, 1.54) is 10.6 Å². The second-order valence-corrected chi connectivity index (χ2v) is 6.82. The molecule has 1 aliphatic rings. The Morgan fingerprint density at radius 2 is 1.84 bits per heavy atom. The molecule has 1 saturated heterocycles. The van der Waals surface area contributed by atoms with Crippen LogP contribution in [0, 0.1) is 0 Å². The maximum Gasteiger partial charge on any atom is 0.211 e. The summed E-state index contributed by atoms with van der Waals surface area (Å²) in [4.78, 5) is 2.21. The van der Waals surface area contributed by atoms with Crippen LogP contribution in [0.4, 0.5) is 0 Å². The molecule has 0 saturated carbocycles. The molecule has 1 aromatic heterocycles. The fourth-order valence-corrected chi connectivity index (χ4v) is 3.04. The first-order chi connectivity index (χ1) is 8.99. The summed E-state index contributed by atoms with van der Waals surface area (Å²) in [5.41, 5.74) is 0. The van der Waals surface area contributed by atoms with Gasteiger partial charge in [0.2, 0.25) is 10.0 Å². The van der Waals surface area contributed by atoms with Crippen molar-refractivity contribution in [3.8, 4) is 0 Å². The minimum absolute atomic E-state index is 0.558. The van der Waals surface area contributed by atoms with Gasteiger partial charge in [0.15, 0.2) is 0 Å². The minimum atomic E-state index is -3.05. The molecule has 0 bridgehead atoms. The predicted molar refractivity (Wildman–Crippen MR) is 73.2 cm³/mol. The summed E-state index contributed by atoms with van der Waals surface area (Å²) >= 11 is 0. The topological polar surface area (TPSA) is 65.8 Å². The van der Waals surface area contributed by atoms with E-state index in [1.807, 2.05) is 19.2 Å². The molecule has 2 rings (SSSR count). The maximum absolute atomic E-state index is 11.4. The zero-order valence-electron chi connectivity index (χ0n) is 11.4. The van der Waals surface area contributed by atoms with Gasteiger partial charge >= 0.3 is 0 Å². The molecule has 1 aromatic rings. The lowest BCUT2D eigenvalue weighted by Gasteiger charge is -2.32. The average molecular weight is 287 g/mol. The van der Waals surface area contributed by atoms with E-state index >= 15 is 0 Å². The normalized spacial score (nSPS) is 18.8. The first-order valence-electron chi connectivity index (χ1n) is 6.38. The van der Waals surface area contributed by atoms with Crippen LogP contribution in [0.1, 0.15) is 11.5 Å². The van der Waals surface area contributed by atoms with Crippen LogP contribution in [0.25, 0.3) is 0 Å². The van der Waals surface area contributed by atoms with Gasteiger partial charge in [0, 0.05) is 26.2 Å². The van der Waals surface area contributed by atoms with Crippen LogP contribution < -0.4 is 5.32 Å². The van der Waals surface area contributed by atoms with Crippen LogP contribution in [-0.4, -0.2) is 57.1 Å². The number of nitrogens with one attached hydrogen (secondary N) is 1. The van der Waals surface area contributed by atoms with E-state index < -0.39 is 10.0 Å². The zero-order chi connectivity index (χ0) is 13.9. The first kappa shape index (κ1) is 14.5. The molecule has 0 unspecified atom stereocenters. The fraction of sp³-hybridized carbons (Fsp3) is 0.667. The van der Waals surface area contributed by atoms with Gasteiger partial charge in [-0.2, -0.15) is 4.31 Å². The van der Waals surface area contributed by atoms with E-state index in [0.29, 0.717) is 13.1 Å². The van der Waals surface area contributed by atoms with E-state index in [2.05, 4.69) is 10.2 Å². The monoisotopic (exact) mass is 287 g/mol. The summed E-state index contributed by atoms with van der Waals surface area (Å²) < 4.78 is 30.0. The number of piperazine rings is 1. The lowest BCUT2D eigenvalue weighted by molar-refractivity contribution is 0.170. The van der Waals surface area contributed by atoms with E-state index in [-0.39, 0.29) is 0 Å². The van der Waals surface area contributed by atoms with Gasteiger partial charge in [-0.05, 0) is 19.2 Å². The van der Waals surface area contributed by atoms with Crippen molar-refractivity contribution in [2.45, 2.75) is 13.1 Å². The lowest BCUT2D eigenvalue weighted by atomic mass is 10.3. The highest BCUT2D eigenvalue weighted by molar-refractivity contribution is 7.88. The van der Waals surface area contributed by atoms with Crippen LogP contribution in [0.15, 0.2) is 16.5 Å². The fourth-order valence-electron chi connectivity index (χ4n) is 2.22. The van der Waals surface area contributed by atoms with E-state index in [1.54, 1.807) is 0 Å². The Hall–Kier alpha value is -0.890. The van der Waals surface area contributed by atoms with Crippen LogP contribution in [0.3, 0.4) is 0 Å². The van der Waals surface area contributed by atoms with Crippen LogP contribution in [0.2, 0.25) is 0 Å². The van der Waals surface area contributed by atoms with Gasteiger partial charge in [0.25, 0.3) is 0 Å². The van der Waals surface area contributed by atoms with Crippen LogP contribution in [-0.2, 0) is 23.1 Å². The third-order valence-corrected chi connectivity index (χ3v) is 4.55. The van der Waals surface area contributed by atoms with Crippen molar-refractivity contribution in [1.82, 2.24) is 14.5 Å². The quantitative estimate of drug-likeness (QED) is 0.830. The molecule has 7 heteroatoms. The highest BCUT2D eigenvalue weighted by Gasteiger charge is 2.23. The molecule has 108 valence electrons. The van der Waals surface area contributed by atoms with Gasteiger partial charge in [0.1, 0.15) is 11.5 Å². The second kappa shape index (κ2) is 6.04. The van der Waals surface area contributed by atoms with Crippen molar-refractivity contribution in [3.63, 3.8) is 0 Å². The molecule has 1 aliphatic heterocycles. The van der Waals surface area contributed by atoms with Gasteiger partial charge in [-0.3, -0.25) is 4.90 Å². The second-order valence-electron chi connectivity index (χ2n) is 4.84. The van der Waals surface area contributed by atoms with E-state index in [4.69, 9.17) is 4.42 Å². The summed E-state index contributed by atoms with van der Waals surface area (Å²) in [7, 11) is -1.17. The number of rotatable bonds is 5. The molecule has 2 heterocycles. The Balaban J connectivity index is 1.85. The van der Waals surface area contributed by atoms with Crippen molar-refractivity contribution in [2.24, 2.45) is 0 Å². The van der Waals surface area contributed by atoms with Crippen molar-refractivity contribution in [1.29, 1.82) is 0 Å². The molecule has 0 aromatic carbocycles. The zero-order valence-corrected chi connectivity index (χ0v) is 12.2. The van der Waals surface area contributed by atoms with Gasteiger partial charge in [-0.15, -0.1) is 0 Å². The molecule has 0 radical (unpaired) electrons. The van der Waals surface area contributed by atoms with E-state index in [0.717, 1.165) is 37.7 Å². The van der Waals surface area contributed by atoms with Crippen molar-refractivity contribution >= 4 is 10.0 Å². The summed E-state index contributed by atoms with van der Waals surface area (Å²) in [5.74, 6) is 1.85. The smallest absolute Gasteiger partial charge is 0.211 e. The maximum atomic E-state index is 11.4. The highest BCUT2D eigenvalue weighted by Crippen LogP contribution is 2.13. The van der Waals surface area contributed by atoms with E-state index in [9.17, 15) is 8.42 Å². The third kappa shape index (κ3) is 4.04. The molecule has 0 atom stereocenters. The Bertz CT molecular complexity index is 504. The van der Waals surface area contributed by atoms with Crippen LogP contribution in [0.5, 0.6) is 0 Å². The SMILES string of the molecule is CNCc1ccc(CN2CCN(S(C)(=O)=O)CC2)o1. The number of sulfonamides is 1. The molecule has 1 fully saturated rings.